The van der Waals surface area contributed by atoms with E-state index in [9.17, 15) is 4.79 Å². The van der Waals surface area contributed by atoms with Gasteiger partial charge in [-0.3, -0.25) is 9.69 Å². The van der Waals surface area contributed by atoms with Crippen molar-refractivity contribution in [3.63, 3.8) is 0 Å². The third-order valence-electron chi connectivity index (χ3n) is 4.24. The van der Waals surface area contributed by atoms with E-state index in [4.69, 9.17) is 14.2 Å². The molecule has 1 saturated heterocycles. The molecule has 0 aromatic heterocycles. The van der Waals surface area contributed by atoms with Crippen LogP contribution in [-0.4, -0.2) is 47.6 Å². The molecule has 0 unspecified atom stereocenters. The van der Waals surface area contributed by atoms with Crippen LogP contribution in [0.5, 0.6) is 17.2 Å². The topological polar surface area (TPSA) is 60.4 Å². The number of benzene rings is 2. The normalized spacial score (nSPS) is 17.4. The zero-order valence-corrected chi connectivity index (χ0v) is 17.8. The van der Waals surface area contributed by atoms with Gasteiger partial charge in [-0.1, -0.05) is 23.9 Å². The Morgan fingerprint density at radius 1 is 1.03 bits per heavy atom. The fraction of sp³-hybridized carbons (Fsp3) is 0.364. The van der Waals surface area contributed by atoms with Gasteiger partial charge in [0.15, 0.2) is 23.3 Å². The summed E-state index contributed by atoms with van der Waals surface area (Å²) in [6.07, 6.45) is 0. The summed E-state index contributed by atoms with van der Waals surface area (Å²) in [4.78, 5) is 19.3. The molecule has 0 N–H and O–H groups in total. The van der Waals surface area contributed by atoms with Crippen molar-refractivity contribution in [2.45, 2.75) is 26.8 Å². The van der Waals surface area contributed by atoms with Crippen LogP contribution < -0.4 is 14.2 Å². The van der Waals surface area contributed by atoms with E-state index < -0.39 is 0 Å². The number of carbonyl (C=O) groups is 1. The Bertz CT molecular complexity index is 854. The first-order chi connectivity index (χ1) is 14.1. The maximum Gasteiger partial charge on any atom is 0.266 e. The van der Waals surface area contributed by atoms with E-state index in [-0.39, 0.29) is 18.6 Å². The molecular formula is C22H26N2O4S. The Hall–Kier alpha value is -2.67. The molecule has 6 nitrogen and oxygen atoms in total. The molecule has 29 heavy (non-hydrogen) atoms. The van der Waals surface area contributed by atoms with Crippen molar-refractivity contribution in [1.29, 1.82) is 0 Å². The molecule has 1 aliphatic heterocycles. The third kappa shape index (κ3) is 5.44. The predicted octanol–water partition coefficient (Wildman–Crippen LogP) is 4.51. The average molecular weight is 415 g/mol. The van der Waals surface area contributed by atoms with Gasteiger partial charge in [0.05, 0.1) is 18.9 Å². The van der Waals surface area contributed by atoms with Crippen LogP contribution in [0.15, 0.2) is 53.5 Å². The summed E-state index contributed by atoms with van der Waals surface area (Å²) >= 11 is 1.57. The monoisotopic (exact) mass is 414 g/mol. The second-order valence-electron chi connectivity index (χ2n) is 6.41. The number of aliphatic imine (C=N–C) groups is 1. The minimum Gasteiger partial charge on any atom is -0.494 e. The summed E-state index contributed by atoms with van der Waals surface area (Å²) in [7, 11) is 0. The molecule has 0 spiro atoms. The van der Waals surface area contributed by atoms with E-state index in [1.165, 1.54) is 0 Å². The van der Waals surface area contributed by atoms with Gasteiger partial charge >= 0.3 is 0 Å². The van der Waals surface area contributed by atoms with Crippen LogP contribution >= 0.6 is 11.8 Å². The Morgan fingerprint density at radius 3 is 2.34 bits per heavy atom. The highest BCUT2D eigenvalue weighted by molar-refractivity contribution is 8.14. The lowest BCUT2D eigenvalue weighted by atomic mass is 10.3. The highest BCUT2D eigenvalue weighted by Crippen LogP contribution is 2.29. The fourth-order valence-corrected chi connectivity index (χ4v) is 4.04. The van der Waals surface area contributed by atoms with Crippen molar-refractivity contribution < 1.29 is 19.0 Å². The number of hydrogen-bond donors (Lipinski definition) is 0. The van der Waals surface area contributed by atoms with Crippen molar-refractivity contribution in [3.8, 4) is 17.2 Å². The van der Waals surface area contributed by atoms with E-state index >= 15 is 0 Å². The number of para-hydroxylation sites is 2. The van der Waals surface area contributed by atoms with Crippen molar-refractivity contribution in [1.82, 2.24) is 4.90 Å². The molecule has 2 aromatic carbocycles. The summed E-state index contributed by atoms with van der Waals surface area (Å²) in [5.74, 6) is 2.68. The summed E-state index contributed by atoms with van der Waals surface area (Å²) in [5.41, 5.74) is 0.783. The van der Waals surface area contributed by atoms with Crippen molar-refractivity contribution in [3.05, 3.63) is 48.5 Å². The lowest BCUT2D eigenvalue weighted by Gasteiger charge is -2.21. The Balaban J connectivity index is 1.69. The molecule has 0 aliphatic carbocycles. The number of amidine groups is 1. The Kier molecular flexibility index (Phi) is 7.41. The van der Waals surface area contributed by atoms with Crippen LogP contribution in [0.4, 0.5) is 5.69 Å². The number of rotatable bonds is 8. The van der Waals surface area contributed by atoms with Crippen molar-refractivity contribution in [2.75, 3.05) is 25.6 Å². The van der Waals surface area contributed by atoms with Gasteiger partial charge in [0, 0.05) is 11.8 Å². The zero-order chi connectivity index (χ0) is 20.6. The van der Waals surface area contributed by atoms with Crippen LogP contribution in [0.1, 0.15) is 20.8 Å². The Labute approximate surface area is 175 Å². The zero-order valence-electron chi connectivity index (χ0n) is 17.0. The number of amides is 1. The lowest BCUT2D eigenvalue weighted by molar-refractivity contribution is -0.130. The summed E-state index contributed by atoms with van der Waals surface area (Å²) < 4.78 is 16.8. The van der Waals surface area contributed by atoms with Crippen molar-refractivity contribution in [2.24, 2.45) is 4.99 Å². The molecule has 1 aliphatic rings. The van der Waals surface area contributed by atoms with E-state index in [1.54, 1.807) is 22.7 Å². The number of thioether (sulfide) groups is 1. The predicted molar refractivity (Wildman–Crippen MR) is 117 cm³/mol. The van der Waals surface area contributed by atoms with Crippen LogP contribution in [0.2, 0.25) is 0 Å². The number of ether oxygens (including phenoxy) is 3. The van der Waals surface area contributed by atoms with Gasteiger partial charge < -0.3 is 14.2 Å². The SMILES string of the molecule is CCOc1ccc(N=C2SC[C@H](C)N2C(=O)COc2ccccc2OCC)cc1. The minimum atomic E-state index is -0.126. The largest absolute Gasteiger partial charge is 0.494 e. The molecule has 2 aromatic rings. The molecule has 0 radical (unpaired) electrons. The second-order valence-corrected chi connectivity index (χ2v) is 7.40. The molecule has 0 bridgehead atoms. The first kappa shape index (κ1) is 21.0. The second kappa shape index (κ2) is 10.2. The van der Waals surface area contributed by atoms with Crippen LogP contribution in [0.3, 0.4) is 0 Å². The fourth-order valence-electron chi connectivity index (χ4n) is 2.91. The van der Waals surface area contributed by atoms with Crippen LogP contribution in [-0.2, 0) is 4.79 Å². The van der Waals surface area contributed by atoms with Gasteiger partial charge in [0.2, 0.25) is 0 Å². The first-order valence-electron chi connectivity index (χ1n) is 9.73. The molecule has 3 rings (SSSR count). The first-order valence-corrected chi connectivity index (χ1v) is 10.7. The quantitative estimate of drug-likeness (QED) is 0.636. The molecule has 1 heterocycles. The molecule has 7 heteroatoms. The lowest BCUT2D eigenvalue weighted by Crippen LogP contribution is -2.40. The molecule has 1 fully saturated rings. The summed E-state index contributed by atoms with van der Waals surface area (Å²) in [5, 5.41) is 0.688. The van der Waals surface area contributed by atoms with Gasteiger partial charge in [-0.25, -0.2) is 4.99 Å². The average Bonchev–Trinajstić information content (AvgIpc) is 3.09. The van der Waals surface area contributed by atoms with Gasteiger partial charge in [0.1, 0.15) is 5.75 Å². The van der Waals surface area contributed by atoms with Gasteiger partial charge in [0.25, 0.3) is 5.91 Å². The summed E-state index contributed by atoms with van der Waals surface area (Å²) in [6.45, 7) is 6.96. The molecule has 0 saturated carbocycles. The van der Waals surface area contributed by atoms with Crippen LogP contribution in [0, 0.1) is 0 Å². The van der Waals surface area contributed by atoms with Gasteiger partial charge in [-0.05, 0) is 57.2 Å². The van der Waals surface area contributed by atoms with E-state index in [0.29, 0.717) is 29.9 Å². The molecule has 1 amide bonds. The molecular weight excluding hydrogens is 388 g/mol. The minimum absolute atomic E-state index is 0.0553. The highest BCUT2D eigenvalue weighted by Gasteiger charge is 2.32. The van der Waals surface area contributed by atoms with Gasteiger partial charge in [-0.15, -0.1) is 0 Å². The third-order valence-corrected chi connectivity index (χ3v) is 5.44. The maximum atomic E-state index is 12.9. The summed E-state index contributed by atoms with van der Waals surface area (Å²) in [6, 6.07) is 15.0. The number of hydrogen-bond acceptors (Lipinski definition) is 6. The van der Waals surface area contributed by atoms with E-state index in [2.05, 4.69) is 4.99 Å². The number of nitrogens with zero attached hydrogens (tertiary/aromatic N) is 2. The Morgan fingerprint density at radius 2 is 1.69 bits per heavy atom. The molecule has 1 atom stereocenters. The van der Waals surface area contributed by atoms with E-state index in [0.717, 1.165) is 17.2 Å². The van der Waals surface area contributed by atoms with Crippen molar-refractivity contribution >= 4 is 28.5 Å². The van der Waals surface area contributed by atoms with Crippen LogP contribution in [0.25, 0.3) is 0 Å². The smallest absolute Gasteiger partial charge is 0.266 e. The molecule has 154 valence electrons. The van der Waals surface area contributed by atoms with E-state index in [1.807, 2.05) is 63.2 Å². The number of carbonyl (C=O) groups excluding carboxylic acids is 1. The maximum absolute atomic E-state index is 12.9. The standard InChI is InChI=1S/C22H26N2O4S/c1-4-26-18-12-10-17(11-13-18)23-22-24(16(3)15-29-22)21(25)14-28-20-9-7-6-8-19(20)27-5-2/h6-13,16H,4-5,14-15H2,1-3H3/t16-/m0/s1. The highest BCUT2D eigenvalue weighted by atomic mass is 32.2. The van der Waals surface area contributed by atoms with Gasteiger partial charge in [-0.2, -0.15) is 0 Å².